The van der Waals surface area contributed by atoms with E-state index < -0.39 is 5.60 Å². The van der Waals surface area contributed by atoms with Gasteiger partial charge in [-0.15, -0.1) is 0 Å². The monoisotopic (exact) mass is 187 g/mol. The fraction of sp³-hybridized carbons (Fsp3) is 1.00. The molecule has 1 saturated heterocycles. The number of aliphatic hydroxyl groups is 2. The van der Waals surface area contributed by atoms with Crippen LogP contribution in [0.5, 0.6) is 0 Å². The molecule has 0 saturated carbocycles. The molecular weight excluding hydrogens is 166 g/mol. The Morgan fingerprint density at radius 3 is 2.46 bits per heavy atom. The first-order chi connectivity index (χ1) is 5.85. The molecule has 0 spiro atoms. The summed E-state index contributed by atoms with van der Waals surface area (Å²) in [6, 6.07) is 0. The molecule has 1 aliphatic rings. The zero-order valence-electron chi connectivity index (χ0n) is 8.88. The highest BCUT2D eigenvalue weighted by Gasteiger charge is 2.33. The van der Waals surface area contributed by atoms with Crippen molar-refractivity contribution in [2.75, 3.05) is 26.2 Å². The van der Waals surface area contributed by atoms with Crippen molar-refractivity contribution in [1.82, 2.24) is 4.90 Å². The van der Waals surface area contributed by atoms with Gasteiger partial charge >= 0.3 is 0 Å². The minimum Gasteiger partial charge on any atom is -0.396 e. The average Bonchev–Trinajstić information content (AvgIpc) is 2.29. The van der Waals surface area contributed by atoms with Crippen molar-refractivity contribution >= 4 is 0 Å². The summed E-state index contributed by atoms with van der Waals surface area (Å²) in [6.07, 6.45) is 0.842. The summed E-state index contributed by atoms with van der Waals surface area (Å²) in [5.41, 5.74) is -0.577. The molecule has 3 heteroatoms. The lowest BCUT2D eigenvalue weighted by molar-refractivity contribution is 0.0557. The molecule has 78 valence electrons. The molecule has 1 fully saturated rings. The van der Waals surface area contributed by atoms with Gasteiger partial charge in [-0.05, 0) is 13.3 Å². The van der Waals surface area contributed by atoms with E-state index in [-0.39, 0.29) is 12.0 Å². The Balaban J connectivity index is 2.40. The molecule has 0 aromatic carbocycles. The maximum absolute atomic E-state index is 9.73. The third-order valence-corrected chi connectivity index (χ3v) is 2.61. The molecule has 0 aliphatic carbocycles. The van der Waals surface area contributed by atoms with Crippen LogP contribution in [-0.2, 0) is 0 Å². The van der Waals surface area contributed by atoms with Crippen molar-refractivity contribution in [3.8, 4) is 0 Å². The van der Waals surface area contributed by atoms with Gasteiger partial charge in [-0.3, -0.25) is 4.90 Å². The maximum Gasteiger partial charge on any atom is 0.0758 e. The topological polar surface area (TPSA) is 43.7 Å². The molecule has 13 heavy (non-hydrogen) atoms. The lowest BCUT2D eigenvalue weighted by Crippen LogP contribution is -2.37. The highest BCUT2D eigenvalue weighted by atomic mass is 16.3. The Morgan fingerprint density at radius 1 is 1.46 bits per heavy atom. The van der Waals surface area contributed by atoms with Crippen LogP contribution in [0.1, 0.15) is 27.2 Å². The molecule has 1 aliphatic heterocycles. The van der Waals surface area contributed by atoms with Crippen LogP contribution in [0.2, 0.25) is 0 Å². The van der Waals surface area contributed by atoms with E-state index in [9.17, 15) is 5.11 Å². The van der Waals surface area contributed by atoms with Gasteiger partial charge in [0, 0.05) is 31.7 Å². The highest BCUT2D eigenvalue weighted by molar-refractivity contribution is 4.88. The quantitative estimate of drug-likeness (QED) is 0.674. The molecule has 1 heterocycles. The predicted molar refractivity (Wildman–Crippen MR) is 52.5 cm³/mol. The van der Waals surface area contributed by atoms with Gasteiger partial charge in [0.25, 0.3) is 0 Å². The van der Waals surface area contributed by atoms with E-state index in [2.05, 4.69) is 4.90 Å². The second-order valence-electron chi connectivity index (χ2n) is 5.28. The van der Waals surface area contributed by atoms with Crippen molar-refractivity contribution < 1.29 is 10.2 Å². The van der Waals surface area contributed by atoms with E-state index in [1.807, 2.05) is 20.8 Å². The van der Waals surface area contributed by atoms with E-state index in [0.29, 0.717) is 0 Å². The van der Waals surface area contributed by atoms with Gasteiger partial charge in [0.05, 0.1) is 5.60 Å². The molecule has 1 unspecified atom stereocenters. The van der Waals surface area contributed by atoms with Crippen molar-refractivity contribution in [3.63, 3.8) is 0 Å². The summed E-state index contributed by atoms with van der Waals surface area (Å²) in [5.74, 6) is 0. The van der Waals surface area contributed by atoms with E-state index >= 15 is 0 Å². The Kier molecular flexibility index (Phi) is 3.00. The molecule has 0 bridgehead atoms. The van der Waals surface area contributed by atoms with Crippen LogP contribution in [-0.4, -0.2) is 47.0 Å². The summed E-state index contributed by atoms with van der Waals surface area (Å²) in [6.45, 7) is 8.69. The molecule has 0 aromatic heterocycles. The van der Waals surface area contributed by atoms with Crippen LogP contribution in [0.15, 0.2) is 0 Å². The largest absolute Gasteiger partial charge is 0.396 e. The van der Waals surface area contributed by atoms with Crippen molar-refractivity contribution in [2.45, 2.75) is 32.8 Å². The number of likely N-dealkylation sites (tertiary alicyclic amines) is 1. The SMILES string of the molecule is CC(C)(CO)CN1CCC(C)(O)C1. The third-order valence-electron chi connectivity index (χ3n) is 2.61. The van der Waals surface area contributed by atoms with Crippen LogP contribution in [0.3, 0.4) is 0 Å². The Bertz CT molecular complexity index is 178. The van der Waals surface area contributed by atoms with Gasteiger partial charge in [-0.1, -0.05) is 13.8 Å². The summed E-state index contributed by atoms with van der Waals surface area (Å²) in [7, 11) is 0. The molecule has 2 N–H and O–H groups in total. The molecule has 0 radical (unpaired) electrons. The predicted octanol–water partition coefficient (Wildman–Crippen LogP) is 0.462. The summed E-state index contributed by atoms with van der Waals surface area (Å²) in [5, 5.41) is 18.8. The average molecular weight is 187 g/mol. The van der Waals surface area contributed by atoms with Crippen molar-refractivity contribution in [2.24, 2.45) is 5.41 Å². The third kappa shape index (κ3) is 3.25. The van der Waals surface area contributed by atoms with Crippen molar-refractivity contribution in [3.05, 3.63) is 0 Å². The summed E-state index contributed by atoms with van der Waals surface area (Å²) < 4.78 is 0. The Morgan fingerprint density at radius 2 is 2.08 bits per heavy atom. The van der Waals surface area contributed by atoms with E-state index in [1.54, 1.807) is 0 Å². The molecule has 1 rings (SSSR count). The zero-order chi connectivity index (χ0) is 10.1. The van der Waals surface area contributed by atoms with Gasteiger partial charge in [-0.25, -0.2) is 0 Å². The van der Waals surface area contributed by atoms with Gasteiger partial charge < -0.3 is 10.2 Å². The van der Waals surface area contributed by atoms with Gasteiger partial charge in [0.2, 0.25) is 0 Å². The standard InChI is InChI=1S/C10H21NO2/c1-9(2,8-12)6-11-5-4-10(3,13)7-11/h12-13H,4-8H2,1-3H3. The fourth-order valence-electron chi connectivity index (χ4n) is 1.83. The van der Waals surface area contributed by atoms with Gasteiger partial charge in [0.15, 0.2) is 0 Å². The minimum absolute atomic E-state index is 0.0551. The fourth-order valence-corrected chi connectivity index (χ4v) is 1.83. The Labute approximate surface area is 80.4 Å². The van der Waals surface area contributed by atoms with E-state index in [4.69, 9.17) is 5.11 Å². The number of aliphatic hydroxyl groups excluding tert-OH is 1. The number of β-amino-alcohol motifs (C(OH)–C–C–N with tert-alkyl or cyclic N) is 1. The van der Waals surface area contributed by atoms with E-state index in [1.165, 1.54) is 0 Å². The normalized spacial score (nSPS) is 31.2. The summed E-state index contributed by atoms with van der Waals surface area (Å²) >= 11 is 0. The zero-order valence-corrected chi connectivity index (χ0v) is 8.88. The van der Waals surface area contributed by atoms with Crippen molar-refractivity contribution in [1.29, 1.82) is 0 Å². The molecule has 1 atom stereocenters. The van der Waals surface area contributed by atoms with Gasteiger partial charge in [0.1, 0.15) is 0 Å². The smallest absolute Gasteiger partial charge is 0.0758 e. The second kappa shape index (κ2) is 3.56. The maximum atomic E-state index is 9.73. The minimum atomic E-state index is -0.522. The van der Waals surface area contributed by atoms with E-state index in [0.717, 1.165) is 26.1 Å². The molecule has 0 aromatic rings. The number of nitrogens with zero attached hydrogens (tertiary/aromatic N) is 1. The van der Waals surface area contributed by atoms with Crippen LogP contribution in [0.25, 0.3) is 0 Å². The van der Waals surface area contributed by atoms with Crippen LogP contribution in [0.4, 0.5) is 0 Å². The van der Waals surface area contributed by atoms with Crippen LogP contribution < -0.4 is 0 Å². The lowest BCUT2D eigenvalue weighted by Gasteiger charge is -2.28. The summed E-state index contributed by atoms with van der Waals surface area (Å²) in [4.78, 5) is 2.22. The number of hydrogen-bond acceptors (Lipinski definition) is 3. The highest BCUT2D eigenvalue weighted by Crippen LogP contribution is 2.24. The van der Waals surface area contributed by atoms with Crippen LogP contribution in [0, 0.1) is 5.41 Å². The first-order valence-electron chi connectivity index (χ1n) is 4.90. The van der Waals surface area contributed by atoms with Crippen LogP contribution >= 0.6 is 0 Å². The number of rotatable bonds is 3. The number of hydrogen-bond donors (Lipinski definition) is 2. The Hall–Kier alpha value is -0.120. The second-order valence-corrected chi connectivity index (χ2v) is 5.28. The molecule has 3 nitrogen and oxygen atoms in total. The first-order valence-corrected chi connectivity index (χ1v) is 4.90. The molecular formula is C10H21NO2. The van der Waals surface area contributed by atoms with Gasteiger partial charge in [-0.2, -0.15) is 0 Å². The molecule has 0 amide bonds. The first kappa shape index (κ1) is 11.0. The lowest BCUT2D eigenvalue weighted by atomic mass is 9.94.